The van der Waals surface area contributed by atoms with E-state index in [2.05, 4.69) is 86.6 Å². The maximum absolute atomic E-state index is 13.3. The molecule has 1 fully saturated rings. The zero-order chi connectivity index (χ0) is 31.4. The van der Waals surface area contributed by atoms with Crippen LogP contribution in [0.1, 0.15) is 73.5 Å². The summed E-state index contributed by atoms with van der Waals surface area (Å²) < 4.78 is 21.8. The highest BCUT2D eigenvalue weighted by Gasteiger charge is 2.55. The van der Waals surface area contributed by atoms with Gasteiger partial charge in [0.15, 0.2) is 25.0 Å². The number of hydrogen-bond acceptors (Lipinski definition) is 6. The van der Waals surface area contributed by atoms with Crippen LogP contribution in [0, 0.1) is 5.92 Å². The van der Waals surface area contributed by atoms with E-state index in [1.165, 1.54) is 11.6 Å². The first kappa shape index (κ1) is 35.7. The SMILES string of the molecule is Cn1c(Cl)c([C@@H]2O[C@H](CO[Si](C)(C)C(C)(C)C)C(O[Si](C)(C)C(C)(C)C)[C@@H]2CC(C)(C)[Si](C)(C)O)c(=O)[nH]c1=O. The first-order chi connectivity index (χ1) is 17.6. The van der Waals surface area contributed by atoms with Crippen molar-refractivity contribution < 1.29 is 18.4 Å². The molecule has 0 aliphatic carbocycles. The van der Waals surface area contributed by atoms with Gasteiger partial charge in [0, 0.05) is 13.0 Å². The lowest BCUT2D eigenvalue weighted by molar-refractivity contribution is -0.0172. The fraction of sp³-hybridized carbons (Fsp3) is 0.857. The maximum Gasteiger partial charge on any atom is 0.329 e. The Morgan fingerprint density at radius 2 is 1.45 bits per heavy atom. The molecule has 0 saturated carbocycles. The highest BCUT2D eigenvalue weighted by Crippen LogP contribution is 2.53. The molecule has 2 rings (SSSR count). The van der Waals surface area contributed by atoms with Gasteiger partial charge in [0.1, 0.15) is 11.3 Å². The molecule has 1 saturated heterocycles. The fourth-order valence-corrected chi connectivity index (χ4v) is 7.72. The molecule has 12 heteroatoms. The van der Waals surface area contributed by atoms with E-state index in [4.69, 9.17) is 25.2 Å². The van der Waals surface area contributed by atoms with Crippen molar-refractivity contribution in [2.75, 3.05) is 6.61 Å². The summed E-state index contributed by atoms with van der Waals surface area (Å²) >= 11 is 6.69. The Morgan fingerprint density at radius 3 is 1.90 bits per heavy atom. The summed E-state index contributed by atoms with van der Waals surface area (Å²) in [5.41, 5.74) is -0.913. The lowest BCUT2D eigenvalue weighted by atomic mass is 9.85. The summed E-state index contributed by atoms with van der Waals surface area (Å²) in [7, 11) is -5.56. The number of aromatic nitrogens is 2. The normalized spacial score (nSPS) is 23.6. The van der Waals surface area contributed by atoms with Crippen LogP contribution in [0.15, 0.2) is 9.59 Å². The quantitative estimate of drug-likeness (QED) is 0.235. The third-order valence-corrected chi connectivity index (χ3v) is 23.1. The first-order valence-corrected chi connectivity index (χ1v) is 23.5. The molecule has 0 radical (unpaired) electrons. The van der Waals surface area contributed by atoms with Crippen LogP contribution in [0.4, 0.5) is 0 Å². The van der Waals surface area contributed by atoms with Gasteiger partial charge in [-0.1, -0.05) is 67.0 Å². The van der Waals surface area contributed by atoms with Gasteiger partial charge in [-0.3, -0.25) is 14.3 Å². The van der Waals surface area contributed by atoms with E-state index in [9.17, 15) is 14.4 Å². The number of nitrogens with zero attached hydrogens (tertiary/aromatic N) is 1. The predicted molar refractivity (Wildman–Crippen MR) is 172 cm³/mol. The van der Waals surface area contributed by atoms with Gasteiger partial charge in [-0.15, -0.1) is 0 Å². The smallest absolute Gasteiger partial charge is 0.329 e. The standard InChI is InChI=1S/C28H55ClN2O6Si3/c1-26(2,3)39(12,13)35-17-19-21(37-40(14,15)27(4,5)6)18(16-28(7,8)38(10,11)34)22(36-19)20-23(29)31(9)25(33)30-24(20)32/h18-19,21-22,34H,16-17H2,1-15H3,(H,30,32,33)/t18-,19+,21?,22+/m0/s1. The third-order valence-electron chi connectivity index (χ3n) is 10.1. The van der Waals surface area contributed by atoms with Gasteiger partial charge >= 0.3 is 5.69 Å². The first-order valence-electron chi connectivity index (χ1n) is 14.3. The molecule has 1 aromatic rings. The number of H-pyrrole nitrogens is 1. The summed E-state index contributed by atoms with van der Waals surface area (Å²) in [6, 6.07) is 0. The van der Waals surface area contributed by atoms with Crippen LogP contribution in [0.3, 0.4) is 0 Å². The molecule has 1 aliphatic rings. The van der Waals surface area contributed by atoms with Crippen LogP contribution in [0.5, 0.6) is 0 Å². The number of hydrogen-bond donors (Lipinski definition) is 2. The zero-order valence-corrected chi connectivity index (χ0v) is 31.3. The van der Waals surface area contributed by atoms with Gasteiger partial charge in [0.2, 0.25) is 0 Å². The lowest BCUT2D eigenvalue weighted by Crippen LogP contribution is -2.51. The molecule has 232 valence electrons. The van der Waals surface area contributed by atoms with Crippen LogP contribution in [-0.4, -0.2) is 58.1 Å². The lowest BCUT2D eigenvalue weighted by Gasteiger charge is -2.44. The molecule has 40 heavy (non-hydrogen) atoms. The molecule has 1 aromatic heterocycles. The van der Waals surface area contributed by atoms with Crippen molar-refractivity contribution in [3.05, 3.63) is 31.6 Å². The van der Waals surface area contributed by atoms with E-state index in [0.29, 0.717) is 13.0 Å². The van der Waals surface area contributed by atoms with E-state index in [1.807, 2.05) is 13.1 Å². The molecule has 2 heterocycles. The molecule has 8 nitrogen and oxygen atoms in total. The molecular formula is C28H55ClN2O6Si3. The summed E-state index contributed by atoms with van der Waals surface area (Å²) in [6.45, 7) is 30.4. The Morgan fingerprint density at radius 1 is 0.950 bits per heavy atom. The van der Waals surface area contributed by atoms with Gasteiger partial charge in [0.05, 0.1) is 24.4 Å². The van der Waals surface area contributed by atoms with Gasteiger partial charge < -0.3 is 18.4 Å². The molecule has 4 atom stereocenters. The minimum atomic E-state index is -2.65. The summed E-state index contributed by atoms with van der Waals surface area (Å²) in [6.07, 6.45) is -1.02. The van der Waals surface area contributed by atoms with Crippen LogP contribution < -0.4 is 11.2 Å². The summed E-state index contributed by atoms with van der Waals surface area (Å²) in [5.74, 6) is -0.299. The van der Waals surface area contributed by atoms with E-state index >= 15 is 0 Å². The Hall–Kier alpha value is -0.539. The van der Waals surface area contributed by atoms with Crippen LogP contribution in [-0.2, 0) is 20.6 Å². The van der Waals surface area contributed by atoms with Crippen molar-refractivity contribution >= 4 is 36.6 Å². The second kappa shape index (κ2) is 11.5. The predicted octanol–water partition coefficient (Wildman–Crippen LogP) is 6.56. The number of aromatic amines is 1. The molecule has 1 unspecified atom stereocenters. The molecule has 0 aromatic carbocycles. The van der Waals surface area contributed by atoms with Crippen molar-refractivity contribution in [3.8, 4) is 0 Å². The molecule has 0 spiro atoms. The van der Waals surface area contributed by atoms with Gasteiger partial charge in [-0.25, -0.2) is 4.79 Å². The van der Waals surface area contributed by atoms with Crippen LogP contribution >= 0.6 is 11.6 Å². The van der Waals surface area contributed by atoms with E-state index in [1.54, 1.807) is 0 Å². The van der Waals surface area contributed by atoms with Crippen molar-refractivity contribution in [1.82, 2.24) is 9.55 Å². The van der Waals surface area contributed by atoms with Crippen molar-refractivity contribution in [1.29, 1.82) is 0 Å². The minimum Gasteiger partial charge on any atom is -0.432 e. The largest absolute Gasteiger partial charge is 0.432 e. The summed E-state index contributed by atoms with van der Waals surface area (Å²) in [4.78, 5) is 39.3. The second-order valence-corrected chi connectivity index (χ2v) is 30.2. The Bertz CT molecular complexity index is 1170. The zero-order valence-electron chi connectivity index (χ0n) is 27.5. The molecular weight excluding hydrogens is 580 g/mol. The topological polar surface area (TPSA) is 103 Å². The Kier molecular flexibility index (Phi) is 10.3. The van der Waals surface area contributed by atoms with Gasteiger partial charge in [-0.05, 0) is 60.8 Å². The summed E-state index contributed by atoms with van der Waals surface area (Å²) in [5, 5.41) is -0.428. The molecule has 2 N–H and O–H groups in total. The monoisotopic (exact) mass is 634 g/mol. The average Bonchev–Trinajstić information content (AvgIpc) is 3.04. The number of nitrogens with one attached hydrogen (secondary N) is 1. The Balaban J connectivity index is 2.76. The fourth-order valence-electron chi connectivity index (χ4n) is 4.34. The number of ether oxygens (including phenoxy) is 1. The van der Waals surface area contributed by atoms with Crippen molar-refractivity contribution in [2.24, 2.45) is 13.0 Å². The van der Waals surface area contributed by atoms with Crippen LogP contribution in [0.25, 0.3) is 0 Å². The minimum absolute atomic E-state index is 0.00681. The van der Waals surface area contributed by atoms with E-state index in [-0.39, 0.29) is 32.8 Å². The van der Waals surface area contributed by atoms with E-state index in [0.717, 1.165) is 0 Å². The average molecular weight is 635 g/mol. The van der Waals surface area contributed by atoms with Crippen molar-refractivity contribution in [3.63, 3.8) is 0 Å². The third kappa shape index (κ3) is 7.32. The van der Waals surface area contributed by atoms with Gasteiger partial charge in [0.25, 0.3) is 5.56 Å². The van der Waals surface area contributed by atoms with Crippen LogP contribution in [0.2, 0.25) is 59.5 Å². The van der Waals surface area contributed by atoms with E-state index < -0.39 is 53.4 Å². The number of rotatable bonds is 9. The second-order valence-electron chi connectivity index (χ2n) is 15.8. The number of halogens is 1. The highest BCUT2D eigenvalue weighted by atomic mass is 35.5. The molecule has 1 aliphatic heterocycles. The van der Waals surface area contributed by atoms with Crippen molar-refractivity contribution in [2.45, 2.75) is 135 Å². The maximum atomic E-state index is 13.3. The van der Waals surface area contributed by atoms with Gasteiger partial charge in [-0.2, -0.15) is 0 Å². The molecule has 0 bridgehead atoms. The molecule has 0 amide bonds. The Labute approximate surface area is 249 Å². The highest BCUT2D eigenvalue weighted by molar-refractivity contribution is 6.74.